The molecule has 1 atom stereocenters. The minimum atomic E-state index is -0.276. The molecule has 0 saturated carbocycles. The number of rotatable bonds is 2. The van der Waals surface area contributed by atoms with E-state index in [0.717, 1.165) is 39.0 Å². The molecule has 0 aliphatic carbocycles. The van der Waals surface area contributed by atoms with Gasteiger partial charge in [0.15, 0.2) is 0 Å². The quantitative estimate of drug-likeness (QED) is 0.627. The van der Waals surface area contributed by atoms with Crippen LogP contribution >= 0.6 is 0 Å². The molecular weight excluding hydrogens is 170 g/mol. The molecular formula is C9H15NO3. The Labute approximate surface area is 77.6 Å². The average Bonchev–Trinajstić information content (AvgIpc) is 2.02. The maximum Gasteiger partial charge on any atom is 0.313 e. The molecule has 0 aromatic rings. The van der Waals surface area contributed by atoms with Crippen LogP contribution in [0.5, 0.6) is 0 Å². The highest BCUT2D eigenvalue weighted by atomic mass is 16.7. The molecule has 1 unspecified atom stereocenters. The summed E-state index contributed by atoms with van der Waals surface area (Å²) in [6.45, 7) is 2.23. The zero-order chi connectivity index (χ0) is 9.10. The summed E-state index contributed by atoms with van der Waals surface area (Å²) in [5, 5.41) is 3.04. The molecule has 4 nitrogen and oxygen atoms in total. The number of carbonyl (C=O) groups is 1. The molecule has 2 saturated heterocycles. The van der Waals surface area contributed by atoms with Crippen LogP contribution in [-0.2, 0) is 14.3 Å². The van der Waals surface area contributed by atoms with Crippen LogP contribution < -0.4 is 5.32 Å². The van der Waals surface area contributed by atoms with Gasteiger partial charge in [0.2, 0.25) is 6.29 Å². The van der Waals surface area contributed by atoms with Gasteiger partial charge in [0.25, 0.3) is 0 Å². The second-order valence-electron chi connectivity index (χ2n) is 3.59. The molecule has 0 spiro atoms. The molecule has 1 N–H and O–H groups in total. The van der Waals surface area contributed by atoms with Crippen LogP contribution in [0.2, 0.25) is 0 Å². The van der Waals surface area contributed by atoms with Gasteiger partial charge in [0, 0.05) is 19.5 Å². The third kappa shape index (κ3) is 2.19. The van der Waals surface area contributed by atoms with E-state index in [1.165, 1.54) is 0 Å². The summed E-state index contributed by atoms with van der Waals surface area (Å²) in [5.74, 6) is -0.0452. The molecule has 0 amide bonds. The highest BCUT2D eigenvalue weighted by molar-refractivity contribution is 5.74. The SMILES string of the molecule is O=C(OC1CCCCO1)C1CNC1. The van der Waals surface area contributed by atoms with E-state index in [2.05, 4.69) is 5.32 Å². The second kappa shape index (κ2) is 4.07. The maximum absolute atomic E-state index is 11.4. The zero-order valence-electron chi connectivity index (χ0n) is 7.62. The first-order valence-corrected chi connectivity index (χ1v) is 4.89. The molecule has 4 heteroatoms. The van der Waals surface area contributed by atoms with Gasteiger partial charge in [-0.2, -0.15) is 0 Å². The largest absolute Gasteiger partial charge is 0.435 e. The third-order valence-corrected chi connectivity index (χ3v) is 2.50. The van der Waals surface area contributed by atoms with E-state index >= 15 is 0 Å². The molecule has 0 radical (unpaired) electrons. The highest BCUT2D eigenvalue weighted by Gasteiger charge is 2.29. The van der Waals surface area contributed by atoms with E-state index in [9.17, 15) is 4.79 Å². The second-order valence-corrected chi connectivity index (χ2v) is 3.59. The summed E-state index contributed by atoms with van der Waals surface area (Å²) in [5.41, 5.74) is 0. The molecule has 0 aromatic carbocycles. The van der Waals surface area contributed by atoms with Crippen molar-refractivity contribution in [3.63, 3.8) is 0 Å². The first-order chi connectivity index (χ1) is 6.36. The van der Waals surface area contributed by atoms with Gasteiger partial charge < -0.3 is 14.8 Å². The van der Waals surface area contributed by atoms with Crippen LogP contribution in [0.1, 0.15) is 19.3 Å². The Kier molecular flexibility index (Phi) is 2.80. The predicted octanol–water partition coefficient (Wildman–Crippen LogP) is 0.276. The fourth-order valence-electron chi connectivity index (χ4n) is 1.49. The fourth-order valence-corrected chi connectivity index (χ4v) is 1.49. The van der Waals surface area contributed by atoms with Crippen molar-refractivity contribution in [3.8, 4) is 0 Å². The first-order valence-electron chi connectivity index (χ1n) is 4.89. The summed E-state index contributed by atoms with van der Waals surface area (Å²) in [4.78, 5) is 11.4. The molecule has 2 fully saturated rings. The number of nitrogens with one attached hydrogen (secondary N) is 1. The normalized spacial score (nSPS) is 29.4. The number of hydrogen-bond donors (Lipinski definition) is 1. The Morgan fingerprint density at radius 1 is 1.38 bits per heavy atom. The molecule has 2 aliphatic heterocycles. The van der Waals surface area contributed by atoms with Crippen LogP contribution in [0, 0.1) is 5.92 Å². The van der Waals surface area contributed by atoms with Gasteiger partial charge >= 0.3 is 5.97 Å². The van der Waals surface area contributed by atoms with Crippen molar-refractivity contribution in [3.05, 3.63) is 0 Å². The van der Waals surface area contributed by atoms with Gasteiger partial charge in [-0.15, -0.1) is 0 Å². The van der Waals surface area contributed by atoms with Crippen molar-refractivity contribution in [2.45, 2.75) is 25.6 Å². The molecule has 0 bridgehead atoms. The topological polar surface area (TPSA) is 47.6 Å². The smallest absolute Gasteiger partial charge is 0.313 e. The summed E-state index contributed by atoms with van der Waals surface area (Å²) < 4.78 is 10.5. The van der Waals surface area contributed by atoms with Gasteiger partial charge in [-0.1, -0.05) is 0 Å². The first kappa shape index (κ1) is 8.97. The van der Waals surface area contributed by atoms with Crippen molar-refractivity contribution in [2.24, 2.45) is 5.92 Å². The lowest BCUT2D eigenvalue weighted by Crippen LogP contribution is -2.48. The summed E-state index contributed by atoms with van der Waals surface area (Å²) in [6, 6.07) is 0. The Morgan fingerprint density at radius 2 is 2.23 bits per heavy atom. The van der Waals surface area contributed by atoms with E-state index in [0.29, 0.717) is 0 Å². The van der Waals surface area contributed by atoms with Crippen LogP contribution in [-0.4, -0.2) is 32.0 Å². The lowest BCUT2D eigenvalue weighted by Gasteiger charge is -2.28. The van der Waals surface area contributed by atoms with Crippen molar-refractivity contribution < 1.29 is 14.3 Å². The van der Waals surface area contributed by atoms with E-state index in [-0.39, 0.29) is 18.2 Å². The van der Waals surface area contributed by atoms with Crippen molar-refractivity contribution in [1.82, 2.24) is 5.32 Å². The molecule has 13 heavy (non-hydrogen) atoms. The molecule has 2 heterocycles. The number of ether oxygens (including phenoxy) is 2. The van der Waals surface area contributed by atoms with Gasteiger partial charge in [-0.3, -0.25) is 4.79 Å². The predicted molar refractivity (Wildman–Crippen MR) is 46.0 cm³/mol. The summed E-state index contributed by atoms with van der Waals surface area (Å²) in [6.07, 6.45) is 2.76. The minimum Gasteiger partial charge on any atom is -0.435 e. The number of carbonyl (C=O) groups excluding carboxylic acids is 1. The monoisotopic (exact) mass is 185 g/mol. The summed E-state index contributed by atoms with van der Waals surface area (Å²) in [7, 11) is 0. The van der Waals surface area contributed by atoms with Crippen molar-refractivity contribution in [1.29, 1.82) is 0 Å². The number of esters is 1. The van der Waals surface area contributed by atoms with Crippen LogP contribution in [0.3, 0.4) is 0 Å². The molecule has 2 aliphatic rings. The van der Waals surface area contributed by atoms with Crippen LogP contribution in [0.25, 0.3) is 0 Å². The minimum absolute atomic E-state index is 0.0607. The van der Waals surface area contributed by atoms with Crippen LogP contribution in [0.15, 0.2) is 0 Å². The molecule has 0 aromatic heterocycles. The van der Waals surface area contributed by atoms with E-state index < -0.39 is 0 Å². The third-order valence-electron chi connectivity index (χ3n) is 2.50. The molecule has 2 rings (SSSR count). The highest BCUT2D eigenvalue weighted by Crippen LogP contribution is 2.16. The van der Waals surface area contributed by atoms with Gasteiger partial charge in [0.05, 0.1) is 12.5 Å². The lowest BCUT2D eigenvalue weighted by atomic mass is 10.0. The fraction of sp³-hybridized carbons (Fsp3) is 0.889. The van der Waals surface area contributed by atoms with Gasteiger partial charge in [0.1, 0.15) is 0 Å². The molecule has 74 valence electrons. The van der Waals surface area contributed by atoms with E-state index in [1.54, 1.807) is 0 Å². The lowest BCUT2D eigenvalue weighted by molar-refractivity contribution is -0.192. The van der Waals surface area contributed by atoms with E-state index in [1.807, 2.05) is 0 Å². The van der Waals surface area contributed by atoms with E-state index in [4.69, 9.17) is 9.47 Å². The Morgan fingerprint density at radius 3 is 2.77 bits per heavy atom. The Balaban J connectivity index is 1.72. The Hall–Kier alpha value is -0.610. The zero-order valence-corrected chi connectivity index (χ0v) is 7.62. The van der Waals surface area contributed by atoms with Crippen molar-refractivity contribution >= 4 is 5.97 Å². The average molecular weight is 185 g/mol. The Bertz CT molecular complexity index is 185. The number of hydrogen-bond acceptors (Lipinski definition) is 4. The standard InChI is InChI=1S/C9H15NO3/c11-9(7-5-10-6-7)13-8-3-1-2-4-12-8/h7-8,10H,1-6H2. The van der Waals surface area contributed by atoms with Gasteiger partial charge in [-0.05, 0) is 12.8 Å². The maximum atomic E-state index is 11.4. The van der Waals surface area contributed by atoms with Crippen LogP contribution in [0.4, 0.5) is 0 Å². The van der Waals surface area contributed by atoms with Crippen molar-refractivity contribution in [2.75, 3.05) is 19.7 Å². The summed E-state index contributed by atoms with van der Waals surface area (Å²) >= 11 is 0. The van der Waals surface area contributed by atoms with Gasteiger partial charge in [-0.25, -0.2) is 0 Å².